The van der Waals surface area contributed by atoms with Gasteiger partial charge in [-0.15, -0.1) is 0 Å². The minimum Gasteiger partial charge on any atom is -0.381 e. The molecule has 106 valence electrons. The number of carbonyl (C=O) groups excluding carboxylic acids is 1. The van der Waals surface area contributed by atoms with Crippen molar-refractivity contribution in [3.8, 4) is 0 Å². The third kappa shape index (κ3) is 7.63. The van der Waals surface area contributed by atoms with Gasteiger partial charge in [-0.1, -0.05) is 13.8 Å². The van der Waals surface area contributed by atoms with Crippen LogP contribution in [-0.2, 0) is 14.3 Å². The topological polar surface area (TPSA) is 59.6 Å². The lowest BCUT2D eigenvalue weighted by atomic mass is 10.1. The summed E-state index contributed by atoms with van der Waals surface area (Å²) in [5, 5.41) is 6.09. The first-order chi connectivity index (χ1) is 8.68. The zero-order valence-electron chi connectivity index (χ0n) is 11.5. The minimum atomic E-state index is 0.0609. The zero-order chi connectivity index (χ0) is 13.2. The van der Waals surface area contributed by atoms with Gasteiger partial charge in [0.1, 0.15) is 0 Å². The Labute approximate surface area is 110 Å². The molecule has 1 saturated heterocycles. The third-order valence-electron chi connectivity index (χ3n) is 2.75. The molecule has 0 aliphatic carbocycles. The van der Waals surface area contributed by atoms with Crippen molar-refractivity contribution in [2.75, 3.05) is 39.5 Å². The van der Waals surface area contributed by atoms with Crippen LogP contribution in [-0.4, -0.2) is 51.5 Å². The van der Waals surface area contributed by atoms with E-state index >= 15 is 0 Å². The molecule has 1 aliphatic heterocycles. The van der Waals surface area contributed by atoms with E-state index in [-0.39, 0.29) is 11.9 Å². The van der Waals surface area contributed by atoms with Crippen molar-refractivity contribution in [2.45, 2.75) is 32.7 Å². The molecule has 0 radical (unpaired) electrons. The highest BCUT2D eigenvalue weighted by Gasteiger charge is 2.15. The maximum absolute atomic E-state index is 11.6. The Balaban J connectivity index is 1.93. The number of nitrogens with one attached hydrogen (secondary N) is 2. The summed E-state index contributed by atoms with van der Waals surface area (Å²) in [6.07, 6.45) is 1.84. The van der Waals surface area contributed by atoms with Crippen LogP contribution in [0, 0.1) is 5.92 Å². The molecule has 1 heterocycles. The summed E-state index contributed by atoms with van der Waals surface area (Å²) in [7, 11) is 0. The maximum Gasteiger partial charge on any atom is 0.234 e. The van der Waals surface area contributed by atoms with Crippen molar-refractivity contribution in [1.82, 2.24) is 10.6 Å². The summed E-state index contributed by atoms with van der Waals surface area (Å²) >= 11 is 0. The normalized spacial score (nSPS) is 17.1. The average Bonchev–Trinajstić information content (AvgIpc) is 2.34. The molecule has 0 aromatic carbocycles. The first kappa shape index (κ1) is 15.4. The van der Waals surface area contributed by atoms with E-state index in [4.69, 9.17) is 9.47 Å². The molecular weight excluding hydrogens is 232 g/mol. The van der Waals surface area contributed by atoms with Gasteiger partial charge in [0.25, 0.3) is 0 Å². The number of carbonyl (C=O) groups is 1. The zero-order valence-corrected chi connectivity index (χ0v) is 11.5. The molecular formula is C13H26N2O3. The quantitative estimate of drug-likeness (QED) is 0.624. The van der Waals surface area contributed by atoms with Crippen molar-refractivity contribution < 1.29 is 14.3 Å². The van der Waals surface area contributed by atoms with E-state index in [0.29, 0.717) is 25.6 Å². The molecule has 5 heteroatoms. The van der Waals surface area contributed by atoms with Gasteiger partial charge in [0.05, 0.1) is 13.2 Å². The van der Waals surface area contributed by atoms with Gasteiger partial charge in [0.2, 0.25) is 5.91 Å². The van der Waals surface area contributed by atoms with Crippen LogP contribution in [0.15, 0.2) is 0 Å². The van der Waals surface area contributed by atoms with Crippen LogP contribution in [0.5, 0.6) is 0 Å². The number of rotatable bonds is 8. The van der Waals surface area contributed by atoms with E-state index < -0.39 is 0 Å². The fraction of sp³-hybridized carbons (Fsp3) is 0.923. The second kappa shape index (κ2) is 9.30. The van der Waals surface area contributed by atoms with E-state index in [1.165, 1.54) is 0 Å². The SMILES string of the molecule is CC(C)COCCNCC(=O)NC1CCOCC1. The van der Waals surface area contributed by atoms with E-state index in [1.54, 1.807) is 0 Å². The third-order valence-corrected chi connectivity index (χ3v) is 2.75. The Morgan fingerprint density at radius 1 is 1.39 bits per heavy atom. The van der Waals surface area contributed by atoms with Gasteiger partial charge in [-0.05, 0) is 18.8 Å². The average molecular weight is 258 g/mol. The molecule has 0 saturated carbocycles. The summed E-state index contributed by atoms with van der Waals surface area (Å²) in [4.78, 5) is 11.6. The maximum atomic E-state index is 11.6. The van der Waals surface area contributed by atoms with Crippen LogP contribution in [0.25, 0.3) is 0 Å². The van der Waals surface area contributed by atoms with Crippen molar-refractivity contribution in [2.24, 2.45) is 5.92 Å². The second-order valence-electron chi connectivity index (χ2n) is 5.10. The summed E-state index contributed by atoms with van der Waals surface area (Å²) in [5.41, 5.74) is 0. The van der Waals surface area contributed by atoms with Crippen LogP contribution >= 0.6 is 0 Å². The molecule has 1 fully saturated rings. The fourth-order valence-corrected chi connectivity index (χ4v) is 1.79. The molecule has 0 spiro atoms. The molecule has 2 N–H and O–H groups in total. The van der Waals surface area contributed by atoms with Gasteiger partial charge in [-0.2, -0.15) is 0 Å². The minimum absolute atomic E-state index is 0.0609. The molecule has 0 atom stereocenters. The van der Waals surface area contributed by atoms with Crippen molar-refractivity contribution in [3.63, 3.8) is 0 Å². The first-order valence-corrected chi connectivity index (χ1v) is 6.84. The van der Waals surface area contributed by atoms with Crippen molar-refractivity contribution in [3.05, 3.63) is 0 Å². The van der Waals surface area contributed by atoms with E-state index in [1.807, 2.05) is 0 Å². The number of amides is 1. The lowest BCUT2D eigenvalue weighted by Gasteiger charge is -2.23. The van der Waals surface area contributed by atoms with Crippen LogP contribution < -0.4 is 10.6 Å². The molecule has 18 heavy (non-hydrogen) atoms. The predicted molar refractivity (Wildman–Crippen MR) is 70.5 cm³/mol. The van der Waals surface area contributed by atoms with Crippen LogP contribution in [0.2, 0.25) is 0 Å². The fourth-order valence-electron chi connectivity index (χ4n) is 1.79. The first-order valence-electron chi connectivity index (χ1n) is 6.84. The Bertz CT molecular complexity index is 228. The molecule has 1 amide bonds. The van der Waals surface area contributed by atoms with E-state index in [0.717, 1.165) is 32.7 Å². The molecule has 0 unspecified atom stereocenters. The number of ether oxygens (including phenoxy) is 2. The van der Waals surface area contributed by atoms with Gasteiger partial charge in [0, 0.05) is 32.4 Å². The van der Waals surface area contributed by atoms with Crippen molar-refractivity contribution in [1.29, 1.82) is 0 Å². The molecule has 5 nitrogen and oxygen atoms in total. The number of hydrogen-bond acceptors (Lipinski definition) is 4. The van der Waals surface area contributed by atoms with Crippen LogP contribution in [0.3, 0.4) is 0 Å². The van der Waals surface area contributed by atoms with Gasteiger partial charge in [-0.25, -0.2) is 0 Å². The predicted octanol–water partition coefficient (Wildman–Crippen LogP) is 0.544. The molecule has 0 aromatic heterocycles. The van der Waals surface area contributed by atoms with Gasteiger partial charge < -0.3 is 20.1 Å². The smallest absolute Gasteiger partial charge is 0.234 e. The standard InChI is InChI=1S/C13H26N2O3/c1-11(2)10-18-8-5-14-9-13(16)15-12-3-6-17-7-4-12/h11-12,14H,3-10H2,1-2H3,(H,15,16). The lowest BCUT2D eigenvalue weighted by Crippen LogP contribution is -2.43. The molecule has 0 bridgehead atoms. The summed E-state index contributed by atoms with van der Waals surface area (Å²) in [5.74, 6) is 0.618. The van der Waals surface area contributed by atoms with Gasteiger partial charge >= 0.3 is 0 Å². The summed E-state index contributed by atoms with van der Waals surface area (Å²) < 4.78 is 10.7. The monoisotopic (exact) mass is 258 g/mol. The second-order valence-corrected chi connectivity index (χ2v) is 5.10. The van der Waals surface area contributed by atoms with Crippen molar-refractivity contribution >= 4 is 5.91 Å². The summed E-state index contributed by atoms with van der Waals surface area (Å²) in [6.45, 7) is 8.25. The largest absolute Gasteiger partial charge is 0.381 e. The van der Waals surface area contributed by atoms with E-state index in [2.05, 4.69) is 24.5 Å². The van der Waals surface area contributed by atoms with E-state index in [9.17, 15) is 4.79 Å². The number of hydrogen-bond donors (Lipinski definition) is 2. The highest BCUT2D eigenvalue weighted by Crippen LogP contribution is 2.05. The molecule has 0 aromatic rings. The van der Waals surface area contributed by atoms with Crippen LogP contribution in [0.1, 0.15) is 26.7 Å². The Kier molecular flexibility index (Phi) is 7.96. The Morgan fingerprint density at radius 3 is 2.78 bits per heavy atom. The summed E-state index contributed by atoms with van der Waals surface area (Å²) in [6, 6.07) is 0.283. The molecule has 1 rings (SSSR count). The Hall–Kier alpha value is -0.650. The van der Waals surface area contributed by atoms with Crippen LogP contribution in [0.4, 0.5) is 0 Å². The Morgan fingerprint density at radius 2 is 2.11 bits per heavy atom. The molecule has 1 aliphatic rings. The highest BCUT2D eigenvalue weighted by molar-refractivity contribution is 5.78. The van der Waals surface area contributed by atoms with Gasteiger partial charge in [0.15, 0.2) is 0 Å². The lowest BCUT2D eigenvalue weighted by molar-refractivity contribution is -0.121. The van der Waals surface area contributed by atoms with Gasteiger partial charge in [-0.3, -0.25) is 4.79 Å². The highest BCUT2D eigenvalue weighted by atomic mass is 16.5.